The summed E-state index contributed by atoms with van der Waals surface area (Å²) in [6.45, 7) is 8.59. The molecule has 0 amide bonds. The van der Waals surface area contributed by atoms with Gasteiger partial charge in [-0.15, -0.1) is 0 Å². The maximum atomic E-state index is 3.49. The normalized spacial score (nSPS) is 28.1. The van der Waals surface area contributed by atoms with Crippen LogP contribution in [0.1, 0.15) is 58.8 Å². The molecule has 2 rings (SSSR count). The monoisotopic (exact) mass is 224 g/mol. The lowest BCUT2D eigenvalue weighted by atomic mass is 9.80. The summed E-state index contributed by atoms with van der Waals surface area (Å²) in [5.41, 5.74) is 0.542. The molecule has 2 heteroatoms. The van der Waals surface area contributed by atoms with Crippen LogP contribution in [0, 0.1) is 0 Å². The van der Waals surface area contributed by atoms with Gasteiger partial charge in [-0.25, -0.2) is 0 Å². The largest absolute Gasteiger partial charge is 0.317 e. The first-order valence-corrected chi connectivity index (χ1v) is 7.30. The van der Waals surface area contributed by atoms with E-state index in [9.17, 15) is 0 Å². The highest BCUT2D eigenvalue weighted by atomic mass is 15.2. The van der Waals surface area contributed by atoms with Crippen LogP contribution in [0.25, 0.3) is 0 Å². The third kappa shape index (κ3) is 2.28. The zero-order chi connectivity index (χ0) is 11.4. The number of nitrogens with zero attached hydrogens (tertiary/aromatic N) is 1. The van der Waals surface area contributed by atoms with Gasteiger partial charge in [-0.2, -0.15) is 0 Å². The highest BCUT2D eigenvalue weighted by Crippen LogP contribution is 2.37. The van der Waals surface area contributed by atoms with Gasteiger partial charge < -0.3 is 5.32 Å². The molecule has 0 aromatic carbocycles. The highest BCUT2D eigenvalue weighted by molar-refractivity contribution is 4.95. The number of piperidine rings is 2. The maximum Gasteiger partial charge on any atom is 0.0207 e. The Balaban J connectivity index is 2.08. The summed E-state index contributed by atoms with van der Waals surface area (Å²) in [6.07, 6.45) is 9.71. The molecule has 2 heterocycles. The van der Waals surface area contributed by atoms with Crippen LogP contribution in [-0.2, 0) is 0 Å². The molecule has 2 fully saturated rings. The van der Waals surface area contributed by atoms with Gasteiger partial charge in [0.2, 0.25) is 0 Å². The molecule has 0 unspecified atom stereocenters. The zero-order valence-corrected chi connectivity index (χ0v) is 11.1. The number of hydrogen-bond donors (Lipinski definition) is 1. The van der Waals surface area contributed by atoms with Crippen LogP contribution >= 0.6 is 0 Å². The van der Waals surface area contributed by atoms with Crippen molar-refractivity contribution < 1.29 is 0 Å². The van der Waals surface area contributed by atoms with E-state index in [-0.39, 0.29) is 0 Å². The van der Waals surface area contributed by atoms with Gasteiger partial charge in [-0.05, 0) is 58.2 Å². The minimum Gasteiger partial charge on any atom is -0.317 e. The van der Waals surface area contributed by atoms with Crippen molar-refractivity contribution in [1.29, 1.82) is 0 Å². The molecule has 0 atom stereocenters. The van der Waals surface area contributed by atoms with E-state index < -0.39 is 0 Å². The van der Waals surface area contributed by atoms with E-state index in [2.05, 4.69) is 24.1 Å². The lowest BCUT2D eigenvalue weighted by Gasteiger charge is -2.51. The van der Waals surface area contributed by atoms with Crippen molar-refractivity contribution in [2.24, 2.45) is 0 Å². The van der Waals surface area contributed by atoms with E-state index in [0.717, 1.165) is 6.04 Å². The van der Waals surface area contributed by atoms with E-state index in [4.69, 9.17) is 0 Å². The first-order valence-electron chi connectivity index (χ1n) is 7.30. The van der Waals surface area contributed by atoms with Crippen molar-refractivity contribution in [3.05, 3.63) is 0 Å². The average molecular weight is 224 g/mol. The molecular weight excluding hydrogens is 196 g/mol. The summed E-state index contributed by atoms with van der Waals surface area (Å²) < 4.78 is 0. The van der Waals surface area contributed by atoms with Gasteiger partial charge in [0.05, 0.1) is 0 Å². The van der Waals surface area contributed by atoms with Crippen LogP contribution in [0.15, 0.2) is 0 Å². The predicted octanol–water partition coefficient (Wildman–Crippen LogP) is 2.78. The summed E-state index contributed by atoms with van der Waals surface area (Å²) in [7, 11) is 0. The summed E-state index contributed by atoms with van der Waals surface area (Å²) >= 11 is 0. The third-order valence-corrected chi connectivity index (χ3v) is 4.97. The Labute approximate surface area is 101 Å². The Morgan fingerprint density at radius 1 is 1.12 bits per heavy atom. The average Bonchev–Trinajstić information content (AvgIpc) is 2.39. The van der Waals surface area contributed by atoms with E-state index in [0.29, 0.717) is 5.54 Å². The van der Waals surface area contributed by atoms with Crippen LogP contribution in [0.5, 0.6) is 0 Å². The summed E-state index contributed by atoms with van der Waals surface area (Å²) in [5, 5.41) is 3.49. The smallest absolute Gasteiger partial charge is 0.0207 e. The Bertz CT molecular complexity index is 205. The molecule has 0 aromatic rings. The first-order chi connectivity index (χ1) is 7.82. The van der Waals surface area contributed by atoms with Crippen molar-refractivity contribution >= 4 is 0 Å². The van der Waals surface area contributed by atoms with E-state index in [1.165, 1.54) is 64.6 Å². The second-order valence-electron chi connectivity index (χ2n) is 5.56. The minimum absolute atomic E-state index is 0.542. The summed E-state index contributed by atoms with van der Waals surface area (Å²) in [5.74, 6) is 0. The molecule has 2 aliphatic heterocycles. The minimum atomic E-state index is 0.542. The van der Waals surface area contributed by atoms with Gasteiger partial charge in [0, 0.05) is 11.6 Å². The Morgan fingerprint density at radius 3 is 2.44 bits per heavy atom. The second kappa shape index (κ2) is 5.50. The summed E-state index contributed by atoms with van der Waals surface area (Å²) in [4.78, 5) is 2.89. The van der Waals surface area contributed by atoms with E-state index >= 15 is 0 Å². The van der Waals surface area contributed by atoms with E-state index in [1.54, 1.807) is 0 Å². The van der Waals surface area contributed by atoms with Gasteiger partial charge in [0.25, 0.3) is 0 Å². The van der Waals surface area contributed by atoms with Crippen LogP contribution in [0.4, 0.5) is 0 Å². The molecule has 0 saturated carbocycles. The highest BCUT2D eigenvalue weighted by Gasteiger charge is 2.39. The molecule has 0 aromatic heterocycles. The number of likely N-dealkylation sites (tertiary alicyclic amines) is 1. The molecule has 1 N–H and O–H groups in total. The van der Waals surface area contributed by atoms with Crippen LogP contribution in [0.3, 0.4) is 0 Å². The zero-order valence-electron chi connectivity index (χ0n) is 11.1. The third-order valence-electron chi connectivity index (χ3n) is 4.97. The molecule has 0 aliphatic carbocycles. The van der Waals surface area contributed by atoms with Crippen molar-refractivity contribution in [3.8, 4) is 0 Å². The van der Waals surface area contributed by atoms with Gasteiger partial charge in [0.15, 0.2) is 0 Å². The number of rotatable bonds is 3. The lowest BCUT2D eigenvalue weighted by Crippen LogP contribution is -2.57. The molecule has 16 heavy (non-hydrogen) atoms. The number of hydrogen-bond acceptors (Lipinski definition) is 2. The maximum absolute atomic E-state index is 3.49. The Kier molecular flexibility index (Phi) is 4.26. The molecule has 0 radical (unpaired) electrons. The van der Waals surface area contributed by atoms with Gasteiger partial charge in [-0.1, -0.05) is 20.3 Å². The molecule has 2 aliphatic rings. The van der Waals surface area contributed by atoms with Crippen molar-refractivity contribution in [2.45, 2.75) is 70.4 Å². The van der Waals surface area contributed by atoms with E-state index in [1.807, 2.05) is 0 Å². The molecule has 0 spiro atoms. The fourth-order valence-corrected chi connectivity index (χ4v) is 3.81. The van der Waals surface area contributed by atoms with Gasteiger partial charge in [0.1, 0.15) is 0 Å². The summed E-state index contributed by atoms with van der Waals surface area (Å²) in [6, 6.07) is 0.862. The first kappa shape index (κ1) is 12.4. The van der Waals surface area contributed by atoms with Crippen molar-refractivity contribution in [1.82, 2.24) is 10.2 Å². The van der Waals surface area contributed by atoms with Gasteiger partial charge in [-0.3, -0.25) is 4.90 Å². The van der Waals surface area contributed by atoms with Gasteiger partial charge >= 0.3 is 0 Å². The predicted molar refractivity (Wildman–Crippen MR) is 69.8 cm³/mol. The topological polar surface area (TPSA) is 15.3 Å². The van der Waals surface area contributed by atoms with Crippen LogP contribution in [0.2, 0.25) is 0 Å². The molecular formula is C14H28N2. The second-order valence-corrected chi connectivity index (χ2v) is 5.56. The van der Waals surface area contributed by atoms with Crippen LogP contribution in [-0.4, -0.2) is 36.1 Å². The SMILES string of the molecule is CCC1(CC)CCCCN1C1CCNCC1. The Hall–Kier alpha value is -0.0800. The standard InChI is InChI=1S/C14H28N2/c1-3-14(4-2)9-5-6-12-16(14)13-7-10-15-11-8-13/h13,15H,3-12H2,1-2H3. The van der Waals surface area contributed by atoms with Crippen molar-refractivity contribution in [3.63, 3.8) is 0 Å². The van der Waals surface area contributed by atoms with Crippen molar-refractivity contribution in [2.75, 3.05) is 19.6 Å². The molecule has 94 valence electrons. The molecule has 0 bridgehead atoms. The quantitative estimate of drug-likeness (QED) is 0.793. The molecule has 2 nitrogen and oxygen atoms in total. The molecule has 2 saturated heterocycles. The fourth-order valence-electron chi connectivity index (χ4n) is 3.81. The Morgan fingerprint density at radius 2 is 1.81 bits per heavy atom. The fraction of sp³-hybridized carbons (Fsp3) is 1.00. The van der Waals surface area contributed by atoms with Crippen LogP contribution < -0.4 is 5.32 Å². The lowest BCUT2D eigenvalue weighted by molar-refractivity contribution is -0.00921. The number of nitrogens with one attached hydrogen (secondary N) is 1.